The normalized spacial score (nSPS) is 20.5. The first-order valence-electron chi connectivity index (χ1n) is 14.2. The Kier molecular flexibility index (Phi) is 11.9. The van der Waals surface area contributed by atoms with Gasteiger partial charge in [0, 0.05) is 6.92 Å². The highest BCUT2D eigenvalue weighted by atomic mass is 28.3. The molecule has 35 heavy (non-hydrogen) atoms. The first-order chi connectivity index (χ1) is 16.1. The lowest BCUT2D eigenvalue weighted by Gasteiger charge is -2.42. The van der Waals surface area contributed by atoms with Gasteiger partial charge in [-0.3, -0.25) is 14.5 Å². The Morgan fingerprint density at radius 1 is 0.743 bits per heavy atom. The molecule has 0 aromatic carbocycles. The maximum atomic E-state index is 13.2. The molecule has 0 aromatic rings. The molecule has 3 nitrogen and oxygen atoms in total. The summed E-state index contributed by atoms with van der Waals surface area (Å²) in [6, 6.07) is 2.10. The third-order valence-corrected chi connectivity index (χ3v) is 24.6. The zero-order valence-corrected chi connectivity index (χ0v) is 27.3. The van der Waals surface area contributed by atoms with Crippen molar-refractivity contribution in [3.63, 3.8) is 0 Å². The van der Waals surface area contributed by atoms with Crippen molar-refractivity contribution in [2.75, 3.05) is 0 Å². The molecule has 1 heterocycles. The molecule has 5 heteroatoms. The van der Waals surface area contributed by atoms with Gasteiger partial charge in [-0.05, 0) is 18.5 Å². The molecule has 2 atom stereocenters. The van der Waals surface area contributed by atoms with Gasteiger partial charge in [0.25, 0.3) is 0 Å². The van der Waals surface area contributed by atoms with Crippen LogP contribution in [0, 0.1) is 5.92 Å². The molecule has 0 aromatic heterocycles. The summed E-state index contributed by atoms with van der Waals surface area (Å²) >= 11 is 0. The van der Waals surface area contributed by atoms with Crippen molar-refractivity contribution in [2.24, 2.45) is 5.92 Å². The highest BCUT2D eigenvalue weighted by molar-refractivity contribution is 6.84. The Hall–Kier alpha value is -0.946. The van der Waals surface area contributed by atoms with Crippen LogP contribution in [0.15, 0.2) is 24.3 Å². The fourth-order valence-electron chi connectivity index (χ4n) is 7.80. The van der Waals surface area contributed by atoms with Gasteiger partial charge in [0.2, 0.25) is 11.8 Å². The summed E-state index contributed by atoms with van der Waals surface area (Å²) < 4.78 is 0. The third-order valence-electron chi connectivity index (χ3n) is 9.84. The van der Waals surface area contributed by atoms with E-state index in [1.54, 1.807) is 0 Å². The minimum Gasteiger partial charge on any atom is -0.275 e. The van der Waals surface area contributed by atoms with Crippen LogP contribution >= 0.6 is 0 Å². The van der Waals surface area contributed by atoms with E-state index in [9.17, 15) is 9.59 Å². The van der Waals surface area contributed by atoms with Crippen molar-refractivity contribution in [1.29, 1.82) is 0 Å². The molecule has 1 fully saturated rings. The maximum absolute atomic E-state index is 13.2. The van der Waals surface area contributed by atoms with Crippen LogP contribution < -0.4 is 0 Å². The molecule has 1 saturated heterocycles. The minimum atomic E-state index is -1.54. The standard InChI is InChI=1S/C30H57NO2Si2/c1-21(2)34(22(3)4,23(5)6)18-14-16-28-20-29(31(27(13)32)30(28)33)17-15-19-35(24(7)8,25(9)10)26(11)12/h14-17,21-26,28-29H,18-20H2,1-13H3/b16-14+,17-15+/t28-,29+/m1/s1. The first kappa shape index (κ1) is 32.1. The molecule has 0 bridgehead atoms. The largest absolute Gasteiger partial charge is 0.275 e. The average Bonchev–Trinajstić information content (AvgIpc) is 3.02. The highest BCUT2D eigenvalue weighted by Crippen LogP contribution is 2.46. The third kappa shape index (κ3) is 6.68. The summed E-state index contributed by atoms with van der Waals surface area (Å²) in [5, 5.41) is 0. The maximum Gasteiger partial charge on any atom is 0.236 e. The average molecular weight is 520 g/mol. The SMILES string of the molecule is CC(=O)N1C(=O)[C@H](/C=C/C[Si](C(C)C)(C(C)C)C(C)C)C[C@@H]1/C=C/C[Si](C(C)C)(C(C)C)C(C)C. The second kappa shape index (κ2) is 13.0. The second-order valence-electron chi connectivity index (χ2n) is 13.1. The molecule has 2 amide bonds. The van der Waals surface area contributed by atoms with Gasteiger partial charge in [0.1, 0.15) is 0 Å². The van der Waals surface area contributed by atoms with Gasteiger partial charge in [-0.25, -0.2) is 0 Å². The fourth-order valence-corrected chi connectivity index (χ4v) is 19.7. The summed E-state index contributed by atoms with van der Waals surface area (Å²) in [5.74, 6) is -0.334. The number of amides is 2. The van der Waals surface area contributed by atoms with Crippen molar-refractivity contribution in [3.8, 4) is 0 Å². The van der Waals surface area contributed by atoms with Gasteiger partial charge in [0.05, 0.1) is 28.1 Å². The monoisotopic (exact) mass is 519 g/mol. The number of nitrogens with zero attached hydrogens (tertiary/aromatic N) is 1. The topological polar surface area (TPSA) is 37.4 Å². The first-order valence-corrected chi connectivity index (χ1v) is 19.1. The summed E-state index contributed by atoms with van der Waals surface area (Å²) in [7, 11) is -3.08. The molecule has 0 radical (unpaired) electrons. The van der Waals surface area contributed by atoms with Crippen LogP contribution in [-0.4, -0.2) is 38.9 Å². The number of hydrogen-bond donors (Lipinski definition) is 0. The number of hydrogen-bond acceptors (Lipinski definition) is 2. The van der Waals surface area contributed by atoms with Crippen LogP contribution in [0.3, 0.4) is 0 Å². The summed E-state index contributed by atoms with van der Waals surface area (Å²) in [6.07, 6.45) is 9.65. The van der Waals surface area contributed by atoms with Gasteiger partial charge in [-0.15, -0.1) is 0 Å². The Bertz CT molecular complexity index is 721. The van der Waals surface area contributed by atoms with Crippen molar-refractivity contribution in [3.05, 3.63) is 24.3 Å². The van der Waals surface area contributed by atoms with Crippen LogP contribution in [-0.2, 0) is 9.59 Å². The van der Waals surface area contributed by atoms with Crippen molar-refractivity contribution < 1.29 is 9.59 Å². The Morgan fingerprint density at radius 2 is 1.09 bits per heavy atom. The molecule has 0 unspecified atom stereocenters. The molecular weight excluding hydrogens is 463 g/mol. The van der Waals surface area contributed by atoms with Crippen LogP contribution in [0.4, 0.5) is 0 Å². The zero-order valence-electron chi connectivity index (χ0n) is 25.3. The summed E-state index contributed by atoms with van der Waals surface area (Å²) in [5.41, 5.74) is 4.19. The van der Waals surface area contributed by atoms with Crippen molar-refractivity contribution in [1.82, 2.24) is 4.90 Å². The molecule has 0 aliphatic carbocycles. The van der Waals surface area contributed by atoms with Crippen LogP contribution in [0.5, 0.6) is 0 Å². The molecule has 1 aliphatic rings. The highest BCUT2D eigenvalue weighted by Gasteiger charge is 2.44. The Balaban J connectivity index is 3.13. The van der Waals surface area contributed by atoms with E-state index < -0.39 is 16.1 Å². The lowest BCUT2D eigenvalue weighted by atomic mass is 10.0. The molecule has 0 N–H and O–H groups in total. The van der Waals surface area contributed by atoms with E-state index in [1.807, 2.05) is 0 Å². The predicted molar refractivity (Wildman–Crippen MR) is 159 cm³/mol. The summed E-state index contributed by atoms with van der Waals surface area (Å²) in [4.78, 5) is 27.2. The van der Waals surface area contributed by atoms with E-state index in [-0.39, 0.29) is 23.8 Å². The van der Waals surface area contributed by atoms with E-state index in [1.165, 1.54) is 11.8 Å². The van der Waals surface area contributed by atoms with Crippen LogP contribution in [0.2, 0.25) is 45.3 Å². The van der Waals surface area contributed by atoms with Gasteiger partial charge in [-0.1, -0.05) is 141 Å². The number of allylic oxidation sites excluding steroid dienone is 2. The van der Waals surface area contributed by atoms with Gasteiger partial charge in [0.15, 0.2) is 0 Å². The molecule has 1 rings (SSSR count). The van der Waals surface area contributed by atoms with Gasteiger partial charge >= 0.3 is 0 Å². The minimum absolute atomic E-state index is 0.0191. The lowest BCUT2D eigenvalue weighted by Crippen LogP contribution is -2.43. The van der Waals surface area contributed by atoms with Crippen molar-refractivity contribution in [2.45, 2.75) is 148 Å². The van der Waals surface area contributed by atoms with E-state index >= 15 is 0 Å². The second-order valence-corrected chi connectivity index (χ2v) is 25.2. The van der Waals surface area contributed by atoms with Gasteiger partial charge in [-0.2, -0.15) is 0 Å². The summed E-state index contributed by atoms with van der Waals surface area (Å²) in [6.45, 7) is 30.1. The molecule has 1 aliphatic heterocycles. The smallest absolute Gasteiger partial charge is 0.236 e. The number of rotatable bonds is 12. The molecule has 202 valence electrons. The molecule has 0 spiro atoms. The Morgan fingerprint density at radius 3 is 1.40 bits per heavy atom. The van der Waals surface area contributed by atoms with E-state index in [0.29, 0.717) is 39.7 Å². The van der Waals surface area contributed by atoms with E-state index in [2.05, 4.69) is 107 Å². The number of likely N-dealkylation sites (tertiary alicyclic amines) is 1. The fraction of sp³-hybridized carbons (Fsp3) is 0.800. The molecule has 0 saturated carbocycles. The number of imide groups is 1. The molecular formula is C30H57NO2Si2. The van der Waals surface area contributed by atoms with Crippen LogP contribution in [0.1, 0.15) is 96.4 Å². The number of carbonyl (C=O) groups excluding carboxylic acids is 2. The predicted octanol–water partition coefficient (Wildman–Crippen LogP) is 9.22. The van der Waals surface area contributed by atoms with Crippen molar-refractivity contribution >= 4 is 28.0 Å². The zero-order chi connectivity index (χ0) is 27.3. The lowest BCUT2D eigenvalue weighted by molar-refractivity contribution is -0.142. The van der Waals surface area contributed by atoms with Crippen LogP contribution in [0.25, 0.3) is 0 Å². The quantitative estimate of drug-likeness (QED) is 0.190. The van der Waals surface area contributed by atoms with E-state index in [0.717, 1.165) is 12.1 Å². The van der Waals surface area contributed by atoms with Gasteiger partial charge < -0.3 is 0 Å². The number of carbonyl (C=O) groups is 2. The Labute approximate surface area is 220 Å². The van der Waals surface area contributed by atoms with E-state index in [4.69, 9.17) is 0 Å².